The van der Waals surface area contributed by atoms with Gasteiger partial charge in [0.15, 0.2) is 0 Å². The number of carbonyl (C=O) groups excluding carboxylic acids is 1. The molecule has 2 saturated heterocycles. The largest absolute Gasteiger partial charge is 0.444 e. The minimum atomic E-state index is -0.977. The third kappa shape index (κ3) is 2.96. The predicted molar refractivity (Wildman–Crippen MR) is 97.8 cm³/mol. The van der Waals surface area contributed by atoms with Gasteiger partial charge in [0.25, 0.3) is 0 Å². The number of aliphatic hydroxyl groups is 1. The van der Waals surface area contributed by atoms with E-state index in [1.54, 1.807) is 6.20 Å². The highest BCUT2D eigenvalue weighted by Crippen LogP contribution is 2.44. The highest BCUT2D eigenvalue weighted by molar-refractivity contribution is 5.69. The minimum absolute atomic E-state index is 0.00314. The van der Waals surface area contributed by atoms with Crippen LogP contribution in [0, 0.1) is 0 Å². The van der Waals surface area contributed by atoms with Gasteiger partial charge >= 0.3 is 6.09 Å². The SMILES string of the molecule is CC(C)(C)OC(=O)N1C2CCCC1CC(O)(c1cnc3ccccn13)C2. The lowest BCUT2D eigenvalue weighted by Gasteiger charge is -2.51. The molecule has 2 aliphatic heterocycles. The molecule has 1 amide bonds. The third-order valence-electron chi connectivity index (χ3n) is 5.51. The molecule has 0 spiro atoms. The van der Waals surface area contributed by atoms with E-state index in [2.05, 4.69) is 4.98 Å². The van der Waals surface area contributed by atoms with Gasteiger partial charge in [0.1, 0.15) is 16.8 Å². The summed E-state index contributed by atoms with van der Waals surface area (Å²) in [6, 6.07) is 5.81. The predicted octanol–water partition coefficient (Wildman–Crippen LogP) is 3.47. The number of pyridine rings is 1. The standard InChI is InChI=1S/C20H27N3O3/c1-19(2,3)26-18(24)23-14-7-6-8-15(23)12-20(25,11-14)16-13-21-17-9-4-5-10-22(16)17/h4-5,9-10,13-15,25H,6-8,11-12H2,1-3H3. The van der Waals surface area contributed by atoms with Crippen LogP contribution in [0.25, 0.3) is 5.65 Å². The minimum Gasteiger partial charge on any atom is -0.444 e. The Morgan fingerprint density at radius 3 is 2.62 bits per heavy atom. The van der Waals surface area contributed by atoms with E-state index < -0.39 is 11.2 Å². The van der Waals surface area contributed by atoms with Crippen LogP contribution in [0.4, 0.5) is 4.79 Å². The molecule has 0 aliphatic carbocycles. The van der Waals surface area contributed by atoms with Crippen LogP contribution in [0.5, 0.6) is 0 Å². The van der Waals surface area contributed by atoms with Crippen molar-refractivity contribution in [3.8, 4) is 0 Å². The number of rotatable bonds is 1. The van der Waals surface area contributed by atoms with Crippen molar-refractivity contribution >= 4 is 11.7 Å². The second-order valence-corrected chi connectivity index (χ2v) is 8.64. The quantitative estimate of drug-likeness (QED) is 0.848. The van der Waals surface area contributed by atoms with Gasteiger partial charge in [-0.2, -0.15) is 0 Å². The Balaban J connectivity index is 1.64. The van der Waals surface area contributed by atoms with Gasteiger partial charge in [-0.1, -0.05) is 6.07 Å². The molecular formula is C20H27N3O3. The van der Waals surface area contributed by atoms with Crippen LogP contribution in [0.3, 0.4) is 0 Å². The molecular weight excluding hydrogens is 330 g/mol. The van der Waals surface area contributed by atoms with E-state index in [0.717, 1.165) is 30.6 Å². The van der Waals surface area contributed by atoms with Crippen LogP contribution in [0.15, 0.2) is 30.6 Å². The summed E-state index contributed by atoms with van der Waals surface area (Å²) in [6.07, 6.45) is 7.37. The summed E-state index contributed by atoms with van der Waals surface area (Å²) in [5.74, 6) is 0. The highest BCUT2D eigenvalue weighted by Gasteiger charge is 2.50. The van der Waals surface area contributed by atoms with Gasteiger partial charge in [0, 0.05) is 31.1 Å². The lowest BCUT2D eigenvalue weighted by Crippen LogP contribution is -2.59. The molecule has 2 bridgehead atoms. The van der Waals surface area contributed by atoms with Crippen LogP contribution in [-0.4, -0.2) is 43.2 Å². The molecule has 0 radical (unpaired) electrons. The van der Waals surface area contributed by atoms with Gasteiger partial charge in [-0.05, 0) is 52.2 Å². The lowest BCUT2D eigenvalue weighted by molar-refractivity contribution is -0.0988. The summed E-state index contributed by atoms with van der Waals surface area (Å²) in [7, 11) is 0. The molecule has 2 unspecified atom stereocenters. The van der Waals surface area contributed by atoms with Crippen molar-refractivity contribution in [2.24, 2.45) is 0 Å². The smallest absolute Gasteiger partial charge is 0.410 e. The second kappa shape index (κ2) is 5.98. The van der Waals surface area contributed by atoms with Crippen molar-refractivity contribution in [3.63, 3.8) is 0 Å². The number of imidazole rings is 1. The summed E-state index contributed by atoms with van der Waals surface area (Å²) in [4.78, 5) is 19.1. The number of piperidine rings is 2. The Kier molecular flexibility index (Phi) is 3.99. The summed E-state index contributed by atoms with van der Waals surface area (Å²) in [5, 5.41) is 11.5. The van der Waals surface area contributed by atoms with Gasteiger partial charge in [-0.15, -0.1) is 0 Å². The van der Waals surface area contributed by atoms with Crippen LogP contribution in [0.2, 0.25) is 0 Å². The number of amides is 1. The number of aromatic nitrogens is 2. The van der Waals surface area contributed by atoms with E-state index in [4.69, 9.17) is 4.74 Å². The lowest BCUT2D eigenvalue weighted by atomic mass is 9.74. The number of carbonyl (C=O) groups is 1. The van der Waals surface area contributed by atoms with Crippen LogP contribution in [-0.2, 0) is 10.3 Å². The van der Waals surface area contributed by atoms with E-state index in [1.165, 1.54) is 0 Å². The number of fused-ring (bicyclic) bond motifs is 3. The number of nitrogens with zero attached hydrogens (tertiary/aromatic N) is 3. The Hall–Kier alpha value is -2.08. The van der Waals surface area contributed by atoms with E-state index in [1.807, 2.05) is 54.5 Å². The topological polar surface area (TPSA) is 67.1 Å². The Morgan fingerprint density at radius 1 is 1.27 bits per heavy atom. The van der Waals surface area contributed by atoms with E-state index in [-0.39, 0.29) is 18.2 Å². The fourth-order valence-corrected chi connectivity index (χ4v) is 4.53. The first-order chi connectivity index (χ1) is 12.3. The number of hydrogen-bond acceptors (Lipinski definition) is 4. The molecule has 26 heavy (non-hydrogen) atoms. The van der Waals surface area contributed by atoms with Crippen molar-refractivity contribution in [3.05, 3.63) is 36.3 Å². The maximum absolute atomic E-state index is 12.7. The first kappa shape index (κ1) is 17.3. The van der Waals surface area contributed by atoms with Gasteiger partial charge in [-0.3, -0.25) is 0 Å². The fourth-order valence-electron chi connectivity index (χ4n) is 4.53. The average molecular weight is 357 g/mol. The molecule has 0 saturated carbocycles. The van der Waals surface area contributed by atoms with Crippen molar-refractivity contribution in [2.75, 3.05) is 0 Å². The normalized spacial score (nSPS) is 29.0. The molecule has 0 aromatic carbocycles. The Bertz CT molecular complexity index is 809. The zero-order valence-corrected chi connectivity index (χ0v) is 15.7. The third-order valence-corrected chi connectivity index (χ3v) is 5.51. The molecule has 2 fully saturated rings. The monoisotopic (exact) mass is 357 g/mol. The van der Waals surface area contributed by atoms with E-state index in [9.17, 15) is 9.90 Å². The van der Waals surface area contributed by atoms with Crippen LogP contribution in [0.1, 0.15) is 58.6 Å². The molecule has 140 valence electrons. The van der Waals surface area contributed by atoms with Gasteiger partial charge in [0.05, 0.1) is 11.9 Å². The molecule has 6 nitrogen and oxygen atoms in total. The maximum atomic E-state index is 12.7. The van der Waals surface area contributed by atoms with Crippen LogP contribution >= 0.6 is 0 Å². The van der Waals surface area contributed by atoms with Crippen molar-refractivity contribution in [1.29, 1.82) is 0 Å². The first-order valence-electron chi connectivity index (χ1n) is 9.43. The summed E-state index contributed by atoms with van der Waals surface area (Å²) in [6.45, 7) is 5.66. The van der Waals surface area contributed by atoms with Gasteiger partial charge in [-0.25, -0.2) is 9.78 Å². The van der Waals surface area contributed by atoms with E-state index >= 15 is 0 Å². The Morgan fingerprint density at radius 2 is 1.96 bits per heavy atom. The average Bonchev–Trinajstić information content (AvgIpc) is 2.97. The first-order valence-corrected chi connectivity index (χ1v) is 9.43. The zero-order chi connectivity index (χ0) is 18.5. The molecule has 2 aromatic rings. The number of hydrogen-bond donors (Lipinski definition) is 1. The molecule has 2 atom stereocenters. The summed E-state index contributed by atoms with van der Waals surface area (Å²) < 4.78 is 7.59. The molecule has 4 rings (SSSR count). The van der Waals surface area contributed by atoms with Crippen molar-refractivity contribution in [2.45, 2.75) is 76.2 Å². The molecule has 2 aromatic heterocycles. The molecule has 1 N–H and O–H groups in total. The van der Waals surface area contributed by atoms with Crippen molar-refractivity contribution in [1.82, 2.24) is 14.3 Å². The zero-order valence-electron chi connectivity index (χ0n) is 15.7. The van der Waals surface area contributed by atoms with Crippen molar-refractivity contribution < 1.29 is 14.6 Å². The second-order valence-electron chi connectivity index (χ2n) is 8.64. The molecule has 4 heterocycles. The highest BCUT2D eigenvalue weighted by atomic mass is 16.6. The summed E-state index contributed by atoms with van der Waals surface area (Å²) >= 11 is 0. The molecule has 6 heteroatoms. The van der Waals surface area contributed by atoms with Gasteiger partial charge in [0.2, 0.25) is 0 Å². The number of ether oxygens (including phenoxy) is 1. The van der Waals surface area contributed by atoms with Gasteiger partial charge < -0.3 is 19.1 Å². The van der Waals surface area contributed by atoms with Crippen LogP contribution < -0.4 is 0 Å². The molecule has 2 aliphatic rings. The van der Waals surface area contributed by atoms with E-state index in [0.29, 0.717) is 12.8 Å². The summed E-state index contributed by atoms with van der Waals surface area (Å²) in [5.41, 5.74) is 0.153. The maximum Gasteiger partial charge on any atom is 0.410 e. The fraction of sp³-hybridized carbons (Fsp3) is 0.600. The Labute approximate surface area is 153 Å².